The first-order chi connectivity index (χ1) is 8.56. The predicted octanol–water partition coefficient (Wildman–Crippen LogP) is 1.48. The van der Waals surface area contributed by atoms with E-state index in [1.165, 1.54) is 0 Å². The number of nitrogens with zero attached hydrogens (tertiary/aromatic N) is 3. The first-order valence-corrected chi connectivity index (χ1v) is 6.60. The third kappa shape index (κ3) is 3.03. The monoisotopic (exact) mass is 250 g/mol. The molecule has 1 N–H and O–H groups in total. The molecule has 1 amide bonds. The highest BCUT2D eigenvalue weighted by Crippen LogP contribution is 2.17. The minimum atomic E-state index is -0.192. The number of nitrogens with one attached hydrogen (secondary N) is 1. The summed E-state index contributed by atoms with van der Waals surface area (Å²) in [4.78, 5) is 14.2. The molecule has 0 bridgehead atoms. The van der Waals surface area contributed by atoms with Crippen molar-refractivity contribution in [3.05, 3.63) is 12.4 Å². The second kappa shape index (κ2) is 5.42. The molecule has 0 aliphatic carbocycles. The summed E-state index contributed by atoms with van der Waals surface area (Å²) in [6.45, 7) is 5.94. The van der Waals surface area contributed by atoms with E-state index in [0.29, 0.717) is 0 Å². The van der Waals surface area contributed by atoms with Crippen molar-refractivity contribution in [3.8, 4) is 0 Å². The van der Waals surface area contributed by atoms with Crippen LogP contribution in [0.2, 0.25) is 0 Å². The van der Waals surface area contributed by atoms with Crippen LogP contribution in [0, 0.1) is 5.92 Å². The maximum Gasteiger partial charge on any atom is 0.244 e. The molecular weight excluding hydrogens is 228 g/mol. The average molecular weight is 250 g/mol. The SMILES string of the molecule is CC1CCN(C(=O)[C@@H](C)Nc2cnn(C)c2)CC1. The molecule has 18 heavy (non-hydrogen) atoms. The largest absolute Gasteiger partial charge is 0.371 e. The number of amides is 1. The second-order valence-electron chi connectivity index (χ2n) is 5.28. The van der Waals surface area contributed by atoms with E-state index in [-0.39, 0.29) is 11.9 Å². The van der Waals surface area contributed by atoms with E-state index in [0.717, 1.165) is 37.5 Å². The van der Waals surface area contributed by atoms with E-state index in [1.807, 2.05) is 25.1 Å². The highest BCUT2D eigenvalue weighted by atomic mass is 16.2. The fourth-order valence-corrected chi connectivity index (χ4v) is 2.31. The van der Waals surface area contributed by atoms with Gasteiger partial charge in [0, 0.05) is 26.3 Å². The highest BCUT2D eigenvalue weighted by molar-refractivity contribution is 5.84. The fraction of sp³-hybridized carbons (Fsp3) is 0.692. The molecule has 0 aromatic carbocycles. The summed E-state index contributed by atoms with van der Waals surface area (Å²) in [5.41, 5.74) is 0.892. The summed E-state index contributed by atoms with van der Waals surface area (Å²) in [7, 11) is 1.86. The Labute approximate surface area is 108 Å². The predicted molar refractivity (Wildman–Crippen MR) is 71.3 cm³/mol. The standard InChI is InChI=1S/C13H22N4O/c1-10-4-6-17(7-5-10)13(18)11(2)15-12-8-14-16(3)9-12/h8-11,15H,4-7H2,1-3H3/t11-/m1/s1. The quantitative estimate of drug-likeness (QED) is 0.884. The molecule has 1 aliphatic heterocycles. The third-order valence-corrected chi connectivity index (χ3v) is 3.55. The summed E-state index contributed by atoms with van der Waals surface area (Å²) in [6.07, 6.45) is 5.85. The van der Waals surface area contributed by atoms with E-state index in [9.17, 15) is 4.79 Å². The van der Waals surface area contributed by atoms with Crippen LogP contribution in [0.15, 0.2) is 12.4 Å². The van der Waals surface area contributed by atoms with Gasteiger partial charge in [-0.1, -0.05) is 6.92 Å². The van der Waals surface area contributed by atoms with Gasteiger partial charge in [-0.05, 0) is 25.7 Å². The molecule has 5 nitrogen and oxygen atoms in total. The van der Waals surface area contributed by atoms with Crippen molar-refractivity contribution < 1.29 is 4.79 Å². The summed E-state index contributed by atoms with van der Waals surface area (Å²) in [6, 6.07) is -0.192. The maximum atomic E-state index is 12.3. The molecule has 0 radical (unpaired) electrons. The van der Waals surface area contributed by atoms with Crippen molar-refractivity contribution in [1.29, 1.82) is 0 Å². The van der Waals surface area contributed by atoms with Crippen molar-refractivity contribution in [2.45, 2.75) is 32.7 Å². The van der Waals surface area contributed by atoms with Crippen molar-refractivity contribution in [2.75, 3.05) is 18.4 Å². The zero-order valence-electron chi connectivity index (χ0n) is 11.4. The zero-order valence-corrected chi connectivity index (χ0v) is 11.4. The van der Waals surface area contributed by atoms with Gasteiger partial charge in [0.15, 0.2) is 0 Å². The Morgan fingerprint density at radius 3 is 2.72 bits per heavy atom. The number of carbonyl (C=O) groups excluding carboxylic acids is 1. The van der Waals surface area contributed by atoms with Crippen LogP contribution in [0.4, 0.5) is 5.69 Å². The molecule has 100 valence electrons. The van der Waals surface area contributed by atoms with Crippen LogP contribution in [0.3, 0.4) is 0 Å². The number of aromatic nitrogens is 2. The molecule has 5 heteroatoms. The lowest BCUT2D eigenvalue weighted by Crippen LogP contribution is -2.45. The van der Waals surface area contributed by atoms with Gasteiger partial charge < -0.3 is 10.2 Å². The van der Waals surface area contributed by atoms with E-state index < -0.39 is 0 Å². The van der Waals surface area contributed by atoms with Crippen molar-refractivity contribution in [1.82, 2.24) is 14.7 Å². The van der Waals surface area contributed by atoms with Crippen molar-refractivity contribution in [2.24, 2.45) is 13.0 Å². The summed E-state index contributed by atoms with van der Waals surface area (Å²) in [5, 5.41) is 7.28. The number of aryl methyl sites for hydroxylation is 1. The number of hydrogen-bond acceptors (Lipinski definition) is 3. The van der Waals surface area contributed by atoms with Crippen LogP contribution in [0.1, 0.15) is 26.7 Å². The first kappa shape index (κ1) is 12.9. The van der Waals surface area contributed by atoms with Crippen LogP contribution in [0.25, 0.3) is 0 Å². The Balaban J connectivity index is 1.88. The molecule has 1 aliphatic rings. The Hall–Kier alpha value is -1.52. The van der Waals surface area contributed by atoms with Gasteiger partial charge in [-0.25, -0.2) is 0 Å². The van der Waals surface area contributed by atoms with E-state index in [1.54, 1.807) is 10.9 Å². The Morgan fingerprint density at radius 2 is 2.17 bits per heavy atom. The molecule has 2 heterocycles. The van der Waals surface area contributed by atoms with Gasteiger partial charge in [-0.15, -0.1) is 0 Å². The van der Waals surface area contributed by atoms with Crippen LogP contribution >= 0.6 is 0 Å². The van der Waals surface area contributed by atoms with Gasteiger partial charge >= 0.3 is 0 Å². The maximum absolute atomic E-state index is 12.3. The summed E-state index contributed by atoms with van der Waals surface area (Å²) >= 11 is 0. The topological polar surface area (TPSA) is 50.2 Å². The lowest BCUT2D eigenvalue weighted by Gasteiger charge is -2.32. The minimum Gasteiger partial charge on any atom is -0.371 e. The van der Waals surface area contributed by atoms with Gasteiger partial charge in [0.1, 0.15) is 6.04 Å². The molecular formula is C13H22N4O. The van der Waals surface area contributed by atoms with Crippen LogP contribution in [0.5, 0.6) is 0 Å². The molecule has 1 atom stereocenters. The van der Waals surface area contributed by atoms with Crippen molar-refractivity contribution >= 4 is 11.6 Å². The fourth-order valence-electron chi connectivity index (χ4n) is 2.31. The molecule has 0 spiro atoms. The number of piperidine rings is 1. The molecule has 2 rings (SSSR count). The van der Waals surface area contributed by atoms with E-state index in [2.05, 4.69) is 17.3 Å². The summed E-state index contributed by atoms with van der Waals surface area (Å²) in [5.74, 6) is 0.932. The lowest BCUT2D eigenvalue weighted by atomic mass is 9.99. The Morgan fingerprint density at radius 1 is 1.50 bits per heavy atom. The lowest BCUT2D eigenvalue weighted by molar-refractivity contribution is -0.132. The molecule has 0 unspecified atom stereocenters. The zero-order chi connectivity index (χ0) is 13.1. The van der Waals surface area contributed by atoms with Gasteiger partial charge in [-0.2, -0.15) is 5.10 Å². The smallest absolute Gasteiger partial charge is 0.244 e. The number of likely N-dealkylation sites (tertiary alicyclic amines) is 1. The second-order valence-corrected chi connectivity index (χ2v) is 5.28. The van der Waals surface area contributed by atoms with Gasteiger partial charge in [-0.3, -0.25) is 9.48 Å². The van der Waals surface area contributed by atoms with Gasteiger partial charge in [0.25, 0.3) is 0 Å². The molecule has 1 aromatic rings. The highest BCUT2D eigenvalue weighted by Gasteiger charge is 2.24. The molecule has 0 saturated carbocycles. The molecule has 1 saturated heterocycles. The van der Waals surface area contributed by atoms with E-state index in [4.69, 9.17) is 0 Å². The Kier molecular flexibility index (Phi) is 3.89. The number of carbonyl (C=O) groups is 1. The minimum absolute atomic E-state index is 0.186. The number of anilines is 1. The van der Waals surface area contributed by atoms with Gasteiger partial charge in [0.05, 0.1) is 11.9 Å². The van der Waals surface area contributed by atoms with Crippen LogP contribution in [-0.4, -0.2) is 39.7 Å². The third-order valence-electron chi connectivity index (χ3n) is 3.55. The summed E-state index contributed by atoms with van der Waals surface area (Å²) < 4.78 is 1.72. The number of hydrogen-bond donors (Lipinski definition) is 1. The van der Waals surface area contributed by atoms with Gasteiger partial charge in [0.2, 0.25) is 5.91 Å². The van der Waals surface area contributed by atoms with Crippen molar-refractivity contribution in [3.63, 3.8) is 0 Å². The van der Waals surface area contributed by atoms with E-state index >= 15 is 0 Å². The average Bonchev–Trinajstić information content (AvgIpc) is 2.75. The first-order valence-electron chi connectivity index (χ1n) is 6.60. The van der Waals surface area contributed by atoms with Crippen LogP contribution < -0.4 is 5.32 Å². The molecule has 1 fully saturated rings. The normalized spacial score (nSPS) is 18.7. The van der Waals surface area contributed by atoms with Crippen LogP contribution in [-0.2, 0) is 11.8 Å². The Bertz CT molecular complexity index is 407. The number of rotatable bonds is 3. The molecule has 1 aromatic heterocycles.